The van der Waals surface area contributed by atoms with Gasteiger partial charge < -0.3 is 5.32 Å². The van der Waals surface area contributed by atoms with E-state index >= 15 is 0 Å². The van der Waals surface area contributed by atoms with Crippen molar-refractivity contribution in [2.75, 3.05) is 10.0 Å². The van der Waals surface area contributed by atoms with Crippen molar-refractivity contribution in [3.63, 3.8) is 0 Å². The Hall–Kier alpha value is -3.64. The van der Waals surface area contributed by atoms with Crippen LogP contribution in [0, 0.1) is 20.8 Å². The smallest absolute Gasteiger partial charge is 0.262 e. The van der Waals surface area contributed by atoms with E-state index < -0.39 is 10.0 Å². The number of fused-ring (bicyclic) bond motifs is 1. The number of nitrogens with one attached hydrogen (secondary N) is 2. The molecule has 0 aromatic heterocycles. The third-order valence-electron chi connectivity index (χ3n) is 5.63. The van der Waals surface area contributed by atoms with Gasteiger partial charge in [-0.1, -0.05) is 54.6 Å². The van der Waals surface area contributed by atoms with Crippen molar-refractivity contribution in [2.45, 2.75) is 25.7 Å². The van der Waals surface area contributed by atoms with Crippen LogP contribution in [0.2, 0.25) is 0 Å². The lowest BCUT2D eigenvalue weighted by atomic mass is 10.1. The Morgan fingerprint density at radius 3 is 2.25 bits per heavy atom. The standard InChI is InChI=1S/C26H24N2O3S/c1-17-8-6-12-23(19(17)3)28-32(30,31)25-16-21(15-14-18(25)2)26(29)27-24-13-7-10-20-9-4-5-11-22(20)24/h4-16,28H,1-3H3,(H,27,29). The molecule has 0 saturated heterocycles. The summed E-state index contributed by atoms with van der Waals surface area (Å²) in [6.07, 6.45) is 0. The van der Waals surface area contributed by atoms with E-state index in [1.54, 1.807) is 31.2 Å². The van der Waals surface area contributed by atoms with Crippen molar-refractivity contribution in [1.29, 1.82) is 0 Å². The first-order valence-corrected chi connectivity index (χ1v) is 11.7. The monoisotopic (exact) mass is 444 g/mol. The molecule has 0 bridgehead atoms. The zero-order valence-electron chi connectivity index (χ0n) is 18.1. The number of carbonyl (C=O) groups excluding carboxylic acids is 1. The van der Waals surface area contributed by atoms with Crippen LogP contribution >= 0.6 is 0 Å². The van der Waals surface area contributed by atoms with E-state index in [0.717, 1.165) is 21.9 Å². The van der Waals surface area contributed by atoms with Crippen molar-refractivity contribution in [3.05, 3.63) is 101 Å². The number of anilines is 2. The summed E-state index contributed by atoms with van der Waals surface area (Å²) in [5, 5.41) is 4.84. The van der Waals surface area contributed by atoms with Crippen molar-refractivity contribution >= 4 is 38.1 Å². The summed E-state index contributed by atoms with van der Waals surface area (Å²) >= 11 is 0. The molecule has 32 heavy (non-hydrogen) atoms. The highest BCUT2D eigenvalue weighted by molar-refractivity contribution is 7.92. The van der Waals surface area contributed by atoms with Crippen molar-refractivity contribution in [3.8, 4) is 0 Å². The maximum atomic E-state index is 13.2. The number of carbonyl (C=O) groups is 1. The minimum atomic E-state index is -3.88. The zero-order chi connectivity index (χ0) is 22.9. The topological polar surface area (TPSA) is 75.3 Å². The molecule has 4 rings (SSSR count). The maximum absolute atomic E-state index is 13.2. The summed E-state index contributed by atoms with van der Waals surface area (Å²) in [6.45, 7) is 5.51. The van der Waals surface area contributed by atoms with Crippen LogP contribution in [0.3, 0.4) is 0 Å². The average molecular weight is 445 g/mol. The Bertz CT molecular complexity index is 1440. The molecule has 0 radical (unpaired) electrons. The molecule has 0 atom stereocenters. The van der Waals surface area contributed by atoms with E-state index in [4.69, 9.17) is 0 Å². The van der Waals surface area contributed by atoms with E-state index in [1.807, 2.05) is 62.4 Å². The largest absolute Gasteiger partial charge is 0.321 e. The molecule has 4 aromatic carbocycles. The number of hydrogen-bond donors (Lipinski definition) is 2. The van der Waals surface area contributed by atoms with Gasteiger partial charge in [0.2, 0.25) is 0 Å². The molecule has 0 aliphatic heterocycles. The molecule has 5 nitrogen and oxygen atoms in total. The van der Waals surface area contributed by atoms with Gasteiger partial charge >= 0.3 is 0 Å². The number of rotatable bonds is 5. The van der Waals surface area contributed by atoms with Gasteiger partial charge in [0, 0.05) is 16.6 Å². The third-order valence-corrected chi connectivity index (χ3v) is 7.13. The predicted octanol–water partition coefficient (Wildman–Crippen LogP) is 5.82. The lowest BCUT2D eigenvalue weighted by Crippen LogP contribution is -2.17. The third kappa shape index (κ3) is 4.22. The first kappa shape index (κ1) is 21.6. The van der Waals surface area contributed by atoms with Crippen LogP contribution in [0.5, 0.6) is 0 Å². The number of amides is 1. The normalized spacial score (nSPS) is 11.3. The molecule has 0 unspecified atom stereocenters. The van der Waals surface area contributed by atoms with Gasteiger partial charge in [0.05, 0.1) is 10.6 Å². The molecule has 0 aliphatic rings. The Labute approximate surface area is 188 Å². The second kappa shape index (κ2) is 8.48. The highest BCUT2D eigenvalue weighted by Gasteiger charge is 2.20. The maximum Gasteiger partial charge on any atom is 0.262 e. The Morgan fingerprint density at radius 2 is 1.44 bits per heavy atom. The molecular formula is C26H24N2O3S. The summed E-state index contributed by atoms with van der Waals surface area (Å²) in [5.74, 6) is -0.371. The fourth-order valence-electron chi connectivity index (χ4n) is 3.62. The molecule has 0 saturated carbocycles. The minimum Gasteiger partial charge on any atom is -0.321 e. The Kier molecular flexibility index (Phi) is 5.72. The fourth-order valence-corrected chi connectivity index (χ4v) is 5.02. The Morgan fingerprint density at radius 1 is 0.750 bits per heavy atom. The second-order valence-electron chi connectivity index (χ2n) is 7.81. The van der Waals surface area contributed by atoms with Gasteiger partial charge in [-0.3, -0.25) is 9.52 Å². The zero-order valence-corrected chi connectivity index (χ0v) is 19.0. The molecule has 2 N–H and O–H groups in total. The predicted molar refractivity (Wildman–Crippen MR) is 130 cm³/mol. The molecule has 6 heteroatoms. The quantitative estimate of drug-likeness (QED) is 0.407. The first-order chi connectivity index (χ1) is 15.3. The van der Waals surface area contributed by atoms with Gasteiger partial charge in [-0.05, 0) is 67.1 Å². The van der Waals surface area contributed by atoms with Gasteiger partial charge in [0.25, 0.3) is 15.9 Å². The van der Waals surface area contributed by atoms with Crippen molar-refractivity contribution in [1.82, 2.24) is 0 Å². The molecule has 0 heterocycles. The molecule has 0 fully saturated rings. The summed E-state index contributed by atoms with van der Waals surface area (Å²) in [7, 11) is -3.88. The Balaban J connectivity index is 1.66. The van der Waals surface area contributed by atoms with Crippen LogP contribution in [0.1, 0.15) is 27.0 Å². The lowest BCUT2D eigenvalue weighted by Gasteiger charge is -2.15. The SMILES string of the molecule is Cc1ccc(C(=O)Nc2cccc3ccccc23)cc1S(=O)(=O)Nc1cccc(C)c1C. The number of sulfonamides is 1. The number of benzene rings is 4. The van der Waals surface area contributed by atoms with Crippen LogP contribution < -0.4 is 10.0 Å². The summed E-state index contributed by atoms with van der Waals surface area (Å²) in [5.41, 5.74) is 3.87. The second-order valence-corrected chi connectivity index (χ2v) is 9.46. The average Bonchev–Trinajstić information content (AvgIpc) is 2.77. The molecule has 0 aliphatic carbocycles. The van der Waals surface area contributed by atoms with E-state index in [2.05, 4.69) is 10.0 Å². The molecule has 1 amide bonds. The lowest BCUT2D eigenvalue weighted by molar-refractivity contribution is 0.102. The summed E-state index contributed by atoms with van der Waals surface area (Å²) in [4.78, 5) is 13.1. The van der Waals surface area contributed by atoms with E-state index in [-0.39, 0.29) is 16.4 Å². The molecule has 4 aromatic rings. The molecular weight excluding hydrogens is 420 g/mol. The van der Waals surface area contributed by atoms with Crippen molar-refractivity contribution in [2.24, 2.45) is 0 Å². The highest BCUT2D eigenvalue weighted by Crippen LogP contribution is 2.26. The first-order valence-electron chi connectivity index (χ1n) is 10.2. The van der Waals surface area contributed by atoms with Gasteiger partial charge in [-0.25, -0.2) is 8.42 Å². The van der Waals surface area contributed by atoms with Crippen LogP contribution in [-0.2, 0) is 10.0 Å². The molecule has 0 spiro atoms. The van der Waals surface area contributed by atoms with Gasteiger partial charge in [-0.2, -0.15) is 0 Å². The minimum absolute atomic E-state index is 0.0731. The number of aryl methyl sites for hydroxylation is 2. The van der Waals surface area contributed by atoms with E-state index in [9.17, 15) is 13.2 Å². The molecule has 162 valence electrons. The van der Waals surface area contributed by atoms with Crippen LogP contribution in [0.15, 0.2) is 83.8 Å². The van der Waals surface area contributed by atoms with Crippen LogP contribution in [0.25, 0.3) is 10.8 Å². The fraction of sp³-hybridized carbons (Fsp3) is 0.115. The van der Waals surface area contributed by atoms with Gasteiger partial charge in [-0.15, -0.1) is 0 Å². The van der Waals surface area contributed by atoms with Gasteiger partial charge in [0.15, 0.2) is 0 Å². The van der Waals surface area contributed by atoms with Crippen LogP contribution in [0.4, 0.5) is 11.4 Å². The summed E-state index contributed by atoms with van der Waals surface area (Å²) in [6, 6.07) is 23.6. The van der Waals surface area contributed by atoms with Crippen molar-refractivity contribution < 1.29 is 13.2 Å². The summed E-state index contributed by atoms with van der Waals surface area (Å²) < 4.78 is 29.0. The highest BCUT2D eigenvalue weighted by atomic mass is 32.2. The number of hydrogen-bond acceptors (Lipinski definition) is 3. The van der Waals surface area contributed by atoms with E-state index in [0.29, 0.717) is 16.9 Å². The van der Waals surface area contributed by atoms with E-state index in [1.165, 1.54) is 6.07 Å². The van der Waals surface area contributed by atoms with Crippen LogP contribution in [-0.4, -0.2) is 14.3 Å². The van der Waals surface area contributed by atoms with Gasteiger partial charge in [0.1, 0.15) is 0 Å².